The van der Waals surface area contributed by atoms with Gasteiger partial charge in [0.25, 0.3) is 5.91 Å². The van der Waals surface area contributed by atoms with Crippen molar-refractivity contribution in [2.24, 2.45) is 4.99 Å². The van der Waals surface area contributed by atoms with Gasteiger partial charge < -0.3 is 9.47 Å². The lowest BCUT2D eigenvalue weighted by Crippen LogP contribution is -2.49. The van der Waals surface area contributed by atoms with Crippen LogP contribution in [0.5, 0.6) is 11.5 Å². The molecule has 1 atom stereocenters. The van der Waals surface area contributed by atoms with Gasteiger partial charge in [0.1, 0.15) is 6.61 Å². The van der Waals surface area contributed by atoms with Crippen molar-refractivity contribution >= 4 is 40.1 Å². The average Bonchev–Trinajstić information content (AvgIpc) is 2.69. The van der Waals surface area contributed by atoms with Crippen molar-refractivity contribution < 1.29 is 14.3 Å². The molecule has 2 aromatic rings. The lowest BCUT2D eigenvalue weighted by molar-refractivity contribution is -0.137. The van der Waals surface area contributed by atoms with Gasteiger partial charge in [0.2, 0.25) is 6.10 Å². The standard InChI is InChI=1S/C19H17ClN2O3S/c20-13-6-1-2-7-14(13)21-19-22(10-5-11-26-19)18(23)17-12-24-15-8-3-4-9-16(15)25-17/h1-4,6-9,17H,5,10-12H2/t17-/m0/s1. The van der Waals surface area contributed by atoms with E-state index in [-0.39, 0.29) is 12.5 Å². The summed E-state index contributed by atoms with van der Waals surface area (Å²) in [6.07, 6.45) is 0.224. The van der Waals surface area contributed by atoms with Crippen LogP contribution in [0.4, 0.5) is 5.69 Å². The summed E-state index contributed by atoms with van der Waals surface area (Å²) in [4.78, 5) is 19.3. The SMILES string of the molecule is O=C([C@@H]1COc2ccccc2O1)N1CCCSC1=Nc1ccccc1Cl. The minimum absolute atomic E-state index is 0.141. The van der Waals surface area contributed by atoms with Crippen LogP contribution in [0.3, 0.4) is 0 Å². The summed E-state index contributed by atoms with van der Waals surface area (Å²) in [6.45, 7) is 0.799. The smallest absolute Gasteiger partial charge is 0.273 e. The Morgan fingerprint density at radius 3 is 2.77 bits per heavy atom. The number of rotatable bonds is 2. The molecule has 4 rings (SSSR count). The van der Waals surface area contributed by atoms with Crippen LogP contribution in [0, 0.1) is 0 Å². The van der Waals surface area contributed by atoms with Gasteiger partial charge in [-0.1, -0.05) is 47.6 Å². The van der Waals surface area contributed by atoms with Crippen LogP contribution >= 0.6 is 23.4 Å². The van der Waals surface area contributed by atoms with Gasteiger partial charge in [-0.25, -0.2) is 4.99 Å². The topological polar surface area (TPSA) is 51.1 Å². The number of hydrogen-bond donors (Lipinski definition) is 0. The highest BCUT2D eigenvalue weighted by atomic mass is 35.5. The predicted octanol–water partition coefficient (Wildman–Crippen LogP) is 4.13. The minimum Gasteiger partial charge on any atom is -0.485 e. The summed E-state index contributed by atoms with van der Waals surface area (Å²) in [5.41, 5.74) is 0.655. The lowest BCUT2D eigenvalue weighted by Gasteiger charge is -2.33. The maximum absolute atomic E-state index is 13.0. The van der Waals surface area contributed by atoms with Gasteiger partial charge in [0.15, 0.2) is 16.7 Å². The molecule has 7 heteroatoms. The molecule has 0 N–H and O–H groups in total. The Morgan fingerprint density at radius 1 is 1.15 bits per heavy atom. The number of hydrogen-bond acceptors (Lipinski definition) is 5. The summed E-state index contributed by atoms with van der Waals surface area (Å²) in [5, 5.41) is 1.21. The van der Waals surface area contributed by atoms with Crippen LogP contribution in [-0.4, -0.2) is 41.0 Å². The highest BCUT2D eigenvalue weighted by Gasteiger charge is 2.34. The van der Waals surface area contributed by atoms with Crippen LogP contribution in [0.25, 0.3) is 0 Å². The molecule has 2 aromatic carbocycles. The highest BCUT2D eigenvalue weighted by Crippen LogP contribution is 2.33. The Morgan fingerprint density at radius 2 is 1.92 bits per heavy atom. The summed E-state index contributed by atoms with van der Waals surface area (Å²) in [5.74, 6) is 2.02. The number of ether oxygens (including phenoxy) is 2. The Bertz CT molecular complexity index is 858. The molecule has 2 aliphatic rings. The normalized spacial score (nSPS) is 20.9. The summed E-state index contributed by atoms with van der Waals surface area (Å²) in [6, 6.07) is 14.7. The van der Waals surface area contributed by atoms with Crippen molar-refractivity contribution in [1.82, 2.24) is 4.90 Å². The molecular formula is C19H17ClN2O3S. The molecule has 0 spiro atoms. The molecule has 0 aromatic heterocycles. The number of amides is 1. The van der Waals surface area contributed by atoms with Gasteiger partial charge in [-0.05, 0) is 30.7 Å². The monoisotopic (exact) mass is 388 g/mol. The van der Waals surface area contributed by atoms with E-state index < -0.39 is 6.10 Å². The molecule has 0 aliphatic carbocycles. The zero-order valence-corrected chi connectivity index (χ0v) is 15.5. The number of carbonyl (C=O) groups is 1. The Labute approximate surface area is 161 Å². The van der Waals surface area contributed by atoms with E-state index in [9.17, 15) is 4.79 Å². The van der Waals surface area contributed by atoms with Crippen LogP contribution in [-0.2, 0) is 4.79 Å². The molecule has 5 nitrogen and oxygen atoms in total. The second-order valence-corrected chi connectivity index (χ2v) is 7.37. The largest absolute Gasteiger partial charge is 0.485 e. The van der Waals surface area contributed by atoms with Crippen LogP contribution in [0.1, 0.15) is 6.42 Å². The molecule has 26 heavy (non-hydrogen) atoms. The van der Waals surface area contributed by atoms with Crippen LogP contribution < -0.4 is 9.47 Å². The van der Waals surface area contributed by atoms with E-state index in [1.54, 1.807) is 28.8 Å². The predicted molar refractivity (Wildman–Crippen MR) is 104 cm³/mol. The molecule has 0 radical (unpaired) electrons. The Balaban J connectivity index is 1.57. The molecule has 0 saturated carbocycles. The number of fused-ring (bicyclic) bond motifs is 1. The lowest BCUT2D eigenvalue weighted by atomic mass is 10.2. The van der Waals surface area contributed by atoms with Gasteiger partial charge >= 0.3 is 0 Å². The average molecular weight is 389 g/mol. The van der Waals surface area contributed by atoms with Crippen molar-refractivity contribution in [3.8, 4) is 11.5 Å². The molecule has 1 saturated heterocycles. The Kier molecular flexibility index (Phi) is 5.04. The number of benzene rings is 2. The summed E-state index contributed by atoms with van der Waals surface area (Å²) >= 11 is 7.76. The number of halogens is 1. The third-order valence-corrected chi connectivity index (χ3v) is 5.49. The van der Waals surface area contributed by atoms with Gasteiger partial charge in [-0.2, -0.15) is 0 Å². The zero-order chi connectivity index (χ0) is 17.9. The minimum atomic E-state index is -0.681. The van der Waals surface area contributed by atoms with Gasteiger partial charge in [0.05, 0.1) is 10.7 Å². The van der Waals surface area contributed by atoms with Crippen molar-refractivity contribution in [3.63, 3.8) is 0 Å². The Hall–Kier alpha value is -2.18. The fourth-order valence-electron chi connectivity index (χ4n) is 2.82. The first kappa shape index (κ1) is 17.2. The van der Waals surface area contributed by atoms with E-state index in [1.165, 1.54) is 0 Å². The molecule has 134 valence electrons. The molecule has 0 unspecified atom stereocenters. The van der Waals surface area contributed by atoms with Crippen molar-refractivity contribution in [1.29, 1.82) is 0 Å². The first-order valence-corrected chi connectivity index (χ1v) is 9.74. The van der Waals surface area contributed by atoms with E-state index in [4.69, 9.17) is 21.1 Å². The molecule has 2 heterocycles. The quantitative estimate of drug-likeness (QED) is 0.776. The van der Waals surface area contributed by atoms with Gasteiger partial charge in [-0.15, -0.1) is 0 Å². The number of amidine groups is 1. The van der Waals surface area contributed by atoms with Crippen molar-refractivity contribution in [3.05, 3.63) is 53.6 Å². The molecule has 2 aliphatic heterocycles. The fourth-order valence-corrected chi connectivity index (χ4v) is 3.95. The third-order valence-electron chi connectivity index (χ3n) is 4.11. The number of nitrogens with zero attached hydrogens (tertiary/aromatic N) is 2. The van der Waals surface area contributed by atoms with E-state index in [0.717, 1.165) is 12.2 Å². The van der Waals surface area contributed by atoms with E-state index in [0.29, 0.717) is 33.9 Å². The number of aliphatic imine (C=N–C) groups is 1. The van der Waals surface area contributed by atoms with Crippen LogP contribution in [0.15, 0.2) is 53.5 Å². The van der Waals surface area contributed by atoms with E-state index in [2.05, 4.69) is 4.99 Å². The van der Waals surface area contributed by atoms with Crippen molar-refractivity contribution in [2.45, 2.75) is 12.5 Å². The first-order chi connectivity index (χ1) is 12.7. The molecule has 0 bridgehead atoms. The number of carbonyl (C=O) groups excluding carboxylic acids is 1. The van der Waals surface area contributed by atoms with Crippen molar-refractivity contribution in [2.75, 3.05) is 18.9 Å². The highest BCUT2D eigenvalue weighted by molar-refractivity contribution is 8.13. The zero-order valence-electron chi connectivity index (χ0n) is 13.9. The number of thioether (sulfide) groups is 1. The molecular weight excluding hydrogens is 372 g/mol. The molecule has 1 amide bonds. The van der Waals surface area contributed by atoms with E-state index >= 15 is 0 Å². The van der Waals surface area contributed by atoms with Gasteiger partial charge in [-0.3, -0.25) is 9.69 Å². The van der Waals surface area contributed by atoms with Gasteiger partial charge in [0, 0.05) is 12.3 Å². The third kappa shape index (κ3) is 3.52. The maximum Gasteiger partial charge on any atom is 0.273 e. The summed E-state index contributed by atoms with van der Waals surface area (Å²) in [7, 11) is 0. The fraction of sp³-hybridized carbons (Fsp3) is 0.263. The second-order valence-electron chi connectivity index (χ2n) is 5.90. The maximum atomic E-state index is 13.0. The molecule has 1 fully saturated rings. The van der Waals surface area contributed by atoms with Crippen LogP contribution in [0.2, 0.25) is 5.02 Å². The number of para-hydroxylation sites is 3. The summed E-state index contributed by atoms with van der Waals surface area (Å²) < 4.78 is 11.5. The second kappa shape index (κ2) is 7.60. The first-order valence-electron chi connectivity index (χ1n) is 8.38. The van der Waals surface area contributed by atoms with E-state index in [1.807, 2.05) is 36.4 Å².